The normalized spacial score (nSPS) is 15.2. The predicted molar refractivity (Wildman–Crippen MR) is 113 cm³/mol. The maximum Gasteiger partial charge on any atom is 0.343 e. The van der Waals surface area contributed by atoms with Crippen molar-refractivity contribution in [3.8, 4) is 0 Å². The quantitative estimate of drug-likeness (QED) is 0.751. The number of hydrogen-bond acceptors (Lipinski definition) is 4. The molecule has 0 saturated carbocycles. The van der Waals surface area contributed by atoms with Gasteiger partial charge in [-0.2, -0.15) is 4.31 Å². The number of hydrogen-bond donors (Lipinski definition) is 0. The van der Waals surface area contributed by atoms with Crippen LogP contribution in [0.1, 0.15) is 25.0 Å². The van der Waals surface area contributed by atoms with Crippen LogP contribution in [-0.2, 0) is 14.8 Å². The first-order chi connectivity index (χ1) is 13.7. The van der Waals surface area contributed by atoms with Crippen LogP contribution in [0.3, 0.4) is 0 Å². The Bertz CT molecular complexity index is 1060. The molecule has 0 unspecified atom stereocenters. The fraction of sp³-hybridized carbons (Fsp3) is 0.333. The van der Waals surface area contributed by atoms with Crippen molar-refractivity contribution in [1.82, 2.24) is 4.90 Å². The lowest BCUT2D eigenvalue weighted by Gasteiger charge is -2.37. The average molecular weight is 416 g/mol. The van der Waals surface area contributed by atoms with Crippen molar-refractivity contribution in [3.05, 3.63) is 53.6 Å². The van der Waals surface area contributed by atoms with E-state index in [9.17, 15) is 18.0 Å². The van der Waals surface area contributed by atoms with E-state index in [0.717, 1.165) is 9.87 Å². The summed E-state index contributed by atoms with van der Waals surface area (Å²) in [6.45, 7) is 8.18. The van der Waals surface area contributed by atoms with Crippen molar-refractivity contribution in [2.24, 2.45) is 0 Å². The van der Waals surface area contributed by atoms with E-state index in [-0.39, 0.29) is 28.7 Å². The van der Waals surface area contributed by atoms with Gasteiger partial charge in [-0.15, -0.1) is 0 Å². The summed E-state index contributed by atoms with van der Waals surface area (Å²) in [5.41, 5.74) is 2.13. The molecule has 0 saturated heterocycles. The van der Waals surface area contributed by atoms with Gasteiger partial charge in [0, 0.05) is 13.1 Å². The van der Waals surface area contributed by atoms with Crippen molar-refractivity contribution >= 4 is 33.3 Å². The minimum absolute atomic E-state index is 0.00641. The molecule has 0 fully saturated rings. The molecule has 1 aliphatic heterocycles. The summed E-state index contributed by atoms with van der Waals surface area (Å²) in [6.07, 6.45) is 0. The predicted octanol–water partition coefficient (Wildman–Crippen LogP) is 3.31. The molecule has 29 heavy (non-hydrogen) atoms. The van der Waals surface area contributed by atoms with E-state index in [2.05, 4.69) is 0 Å². The zero-order valence-corrected chi connectivity index (χ0v) is 17.9. The maximum atomic E-state index is 13.4. The zero-order valence-electron chi connectivity index (χ0n) is 17.0. The number of anilines is 2. The lowest BCUT2D eigenvalue weighted by molar-refractivity contribution is -0.129. The molecule has 1 heterocycles. The fourth-order valence-electron chi connectivity index (χ4n) is 3.54. The number of para-hydroxylation sites is 1. The molecule has 154 valence electrons. The Kier molecular flexibility index (Phi) is 5.66. The second kappa shape index (κ2) is 7.87. The first-order valence-corrected chi connectivity index (χ1v) is 11.0. The van der Waals surface area contributed by atoms with Crippen LogP contribution in [0.15, 0.2) is 47.4 Å². The number of carbonyl (C=O) groups excluding carboxylic acids is 2. The van der Waals surface area contributed by atoms with Gasteiger partial charge in [0.2, 0.25) is 5.91 Å². The van der Waals surface area contributed by atoms with Gasteiger partial charge in [0.05, 0.1) is 11.4 Å². The Morgan fingerprint density at radius 3 is 2.28 bits per heavy atom. The molecule has 2 aromatic carbocycles. The first-order valence-electron chi connectivity index (χ1n) is 9.53. The van der Waals surface area contributed by atoms with Crippen molar-refractivity contribution in [2.45, 2.75) is 32.6 Å². The van der Waals surface area contributed by atoms with Crippen LogP contribution in [0, 0.1) is 13.8 Å². The van der Waals surface area contributed by atoms with Crippen LogP contribution in [0.2, 0.25) is 0 Å². The number of likely N-dealkylation sites (N-methyl/N-ethyl adjacent to an activating group) is 1. The number of carbonyl (C=O) groups is 2. The van der Waals surface area contributed by atoms with E-state index in [4.69, 9.17) is 0 Å². The number of nitrogens with zero attached hydrogens (tertiary/aromatic N) is 3. The molecular weight excluding hydrogens is 390 g/mol. The molecule has 3 rings (SSSR count). The molecule has 1 aliphatic rings. The van der Waals surface area contributed by atoms with Crippen LogP contribution in [-0.4, -0.2) is 44.9 Å². The number of benzene rings is 2. The summed E-state index contributed by atoms with van der Waals surface area (Å²) >= 11 is 0. The molecule has 0 aliphatic carbocycles. The van der Waals surface area contributed by atoms with E-state index in [1.807, 2.05) is 26.8 Å². The third-order valence-electron chi connectivity index (χ3n) is 5.06. The molecule has 0 radical (unpaired) electrons. The van der Waals surface area contributed by atoms with Gasteiger partial charge in [-0.25, -0.2) is 13.2 Å². The molecule has 0 bridgehead atoms. The SMILES string of the molecule is CCN(CC)C(=O)CN1C(=O)N(c2ccc(C)cc2C)S(=O)(=O)c2ccccc21. The topological polar surface area (TPSA) is 78.0 Å². The van der Waals surface area contributed by atoms with Crippen LogP contribution >= 0.6 is 0 Å². The van der Waals surface area contributed by atoms with Gasteiger partial charge >= 0.3 is 6.03 Å². The highest BCUT2D eigenvalue weighted by Gasteiger charge is 2.43. The molecule has 0 aromatic heterocycles. The van der Waals surface area contributed by atoms with Crippen molar-refractivity contribution in [2.75, 3.05) is 28.8 Å². The second-order valence-corrected chi connectivity index (χ2v) is 8.72. The molecule has 0 atom stereocenters. The Morgan fingerprint density at radius 1 is 1.00 bits per heavy atom. The second-order valence-electron chi connectivity index (χ2n) is 6.96. The Balaban J connectivity index is 2.15. The molecule has 2 aromatic rings. The van der Waals surface area contributed by atoms with Gasteiger partial charge in [-0.3, -0.25) is 9.69 Å². The summed E-state index contributed by atoms with van der Waals surface area (Å²) in [7, 11) is -4.10. The number of rotatable bonds is 5. The van der Waals surface area contributed by atoms with Gasteiger partial charge < -0.3 is 4.90 Å². The summed E-state index contributed by atoms with van der Waals surface area (Å²) in [6, 6.07) is 10.7. The van der Waals surface area contributed by atoms with E-state index >= 15 is 0 Å². The van der Waals surface area contributed by atoms with Crippen LogP contribution in [0.4, 0.5) is 16.2 Å². The van der Waals surface area contributed by atoms with Crippen molar-refractivity contribution < 1.29 is 18.0 Å². The molecular formula is C21H25N3O4S. The number of sulfonamides is 1. The van der Waals surface area contributed by atoms with Gasteiger partial charge in [-0.1, -0.05) is 29.8 Å². The molecule has 8 heteroatoms. The minimum Gasteiger partial charge on any atom is -0.342 e. The number of fused-ring (bicyclic) bond motifs is 1. The third kappa shape index (κ3) is 3.60. The highest BCUT2D eigenvalue weighted by atomic mass is 32.2. The molecule has 0 N–H and O–H groups in total. The third-order valence-corrected chi connectivity index (χ3v) is 6.79. The van der Waals surface area contributed by atoms with Gasteiger partial charge in [-0.05, 0) is 51.5 Å². The van der Waals surface area contributed by atoms with Gasteiger partial charge in [0.1, 0.15) is 11.4 Å². The number of urea groups is 1. The molecule has 0 spiro atoms. The maximum absolute atomic E-state index is 13.4. The summed E-state index contributed by atoms with van der Waals surface area (Å²) in [4.78, 5) is 29.0. The Labute approximate surface area is 171 Å². The highest BCUT2D eigenvalue weighted by molar-refractivity contribution is 7.94. The molecule has 7 nitrogen and oxygen atoms in total. The average Bonchev–Trinajstić information content (AvgIpc) is 2.68. The van der Waals surface area contributed by atoms with Crippen LogP contribution in [0.5, 0.6) is 0 Å². The van der Waals surface area contributed by atoms with Crippen LogP contribution < -0.4 is 9.21 Å². The minimum atomic E-state index is -4.10. The smallest absolute Gasteiger partial charge is 0.342 e. The van der Waals surface area contributed by atoms with E-state index < -0.39 is 16.1 Å². The van der Waals surface area contributed by atoms with Crippen LogP contribution in [0.25, 0.3) is 0 Å². The number of amides is 3. The Morgan fingerprint density at radius 2 is 1.66 bits per heavy atom. The highest BCUT2D eigenvalue weighted by Crippen LogP contribution is 2.38. The van der Waals surface area contributed by atoms with Crippen molar-refractivity contribution in [1.29, 1.82) is 0 Å². The zero-order chi connectivity index (χ0) is 21.3. The summed E-state index contributed by atoms with van der Waals surface area (Å²) in [5, 5.41) is 0. The summed E-state index contributed by atoms with van der Waals surface area (Å²) < 4.78 is 27.4. The van der Waals surface area contributed by atoms with E-state index in [0.29, 0.717) is 18.7 Å². The largest absolute Gasteiger partial charge is 0.343 e. The fourth-order valence-corrected chi connectivity index (χ4v) is 5.20. The lowest BCUT2D eigenvalue weighted by atomic mass is 10.1. The Hall–Kier alpha value is -2.87. The molecule has 3 amide bonds. The van der Waals surface area contributed by atoms with Gasteiger partial charge in [0.15, 0.2) is 0 Å². The standard InChI is InChI=1S/C21H25N3O4S/c1-5-22(6-2)20(25)14-23-18-9-7-8-10-19(18)29(27,28)24(21(23)26)17-12-11-15(3)13-16(17)4/h7-13H,5-6,14H2,1-4H3. The lowest BCUT2D eigenvalue weighted by Crippen LogP contribution is -2.54. The summed E-state index contributed by atoms with van der Waals surface area (Å²) in [5.74, 6) is -0.238. The monoisotopic (exact) mass is 415 g/mol. The van der Waals surface area contributed by atoms with Crippen molar-refractivity contribution in [3.63, 3.8) is 0 Å². The van der Waals surface area contributed by atoms with E-state index in [1.54, 1.807) is 42.2 Å². The van der Waals surface area contributed by atoms with Gasteiger partial charge in [0.25, 0.3) is 10.0 Å². The number of aryl methyl sites for hydroxylation is 2. The van der Waals surface area contributed by atoms with E-state index in [1.165, 1.54) is 11.0 Å². The first kappa shape index (κ1) is 20.9.